The summed E-state index contributed by atoms with van der Waals surface area (Å²) in [5, 5.41) is 8.25. The Bertz CT molecular complexity index is 405. The van der Waals surface area contributed by atoms with Crippen molar-refractivity contribution in [3.05, 3.63) is 23.9 Å². The van der Waals surface area contributed by atoms with Gasteiger partial charge in [0.25, 0.3) is 0 Å². The standard InChI is InChI=1S/C14H21N3/c1-17-14(10-13(16-17)11-8-9-11)15-12-6-4-2-3-5-7-12/h2-3,10-12,15H,4-9H2,1H3. The van der Waals surface area contributed by atoms with Gasteiger partial charge in [-0.2, -0.15) is 5.10 Å². The number of hydrogen-bond donors (Lipinski definition) is 1. The van der Waals surface area contributed by atoms with E-state index in [1.54, 1.807) is 0 Å². The molecule has 1 heterocycles. The molecule has 17 heavy (non-hydrogen) atoms. The summed E-state index contributed by atoms with van der Waals surface area (Å²) in [6.07, 6.45) is 12.1. The second-order valence-corrected chi connectivity index (χ2v) is 5.32. The average Bonchev–Trinajstić information content (AvgIpc) is 3.11. The smallest absolute Gasteiger partial charge is 0.124 e. The van der Waals surface area contributed by atoms with Crippen molar-refractivity contribution < 1.29 is 0 Å². The fourth-order valence-electron chi connectivity index (χ4n) is 2.53. The molecular formula is C14H21N3. The summed E-state index contributed by atoms with van der Waals surface area (Å²) in [5.74, 6) is 1.94. The van der Waals surface area contributed by atoms with Crippen LogP contribution in [0.1, 0.15) is 50.1 Å². The highest BCUT2D eigenvalue weighted by Gasteiger charge is 2.27. The Hall–Kier alpha value is -1.25. The summed E-state index contributed by atoms with van der Waals surface area (Å²) in [5.41, 5.74) is 1.28. The summed E-state index contributed by atoms with van der Waals surface area (Å²) in [7, 11) is 2.04. The Labute approximate surface area is 103 Å². The van der Waals surface area contributed by atoms with Crippen molar-refractivity contribution in [1.29, 1.82) is 0 Å². The summed E-state index contributed by atoms with van der Waals surface area (Å²) >= 11 is 0. The lowest BCUT2D eigenvalue weighted by atomic mass is 10.1. The maximum absolute atomic E-state index is 4.60. The molecule has 0 saturated heterocycles. The molecule has 0 spiro atoms. The zero-order valence-corrected chi connectivity index (χ0v) is 10.5. The van der Waals surface area contributed by atoms with Gasteiger partial charge in [0, 0.05) is 25.1 Å². The Balaban J connectivity index is 1.66. The van der Waals surface area contributed by atoms with E-state index in [0.29, 0.717) is 6.04 Å². The quantitative estimate of drug-likeness (QED) is 0.810. The van der Waals surface area contributed by atoms with Gasteiger partial charge in [-0.25, -0.2) is 0 Å². The molecule has 0 radical (unpaired) electrons. The maximum Gasteiger partial charge on any atom is 0.124 e. The topological polar surface area (TPSA) is 29.9 Å². The molecule has 0 atom stereocenters. The number of aromatic nitrogens is 2. The first-order valence-electron chi connectivity index (χ1n) is 6.78. The molecule has 1 saturated carbocycles. The molecule has 0 aliphatic heterocycles. The number of anilines is 1. The molecule has 0 aromatic carbocycles. The lowest BCUT2D eigenvalue weighted by Crippen LogP contribution is -2.20. The van der Waals surface area contributed by atoms with Gasteiger partial charge >= 0.3 is 0 Å². The van der Waals surface area contributed by atoms with Crippen molar-refractivity contribution in [3.63, 3.8) is 0 Å². The first-order chi connectivity index (χ1) is 8.33. The van der Waals surface area contributed by atoms with Gasteiger partial charge in [-0.1, -0.05) is 12.2 Å². The molecule has 0 amide bonds. The third-order valence-electron chi connectivity index (χ3n) is 3.78. The van der Waals surface area contributed by atoms with Crippen LogP contribution in [0.2, 0.25) is 0 Å². The summed E-state index contributed by atoms with van der Waals surface area (Å²) < 4.78 is 2.01. The van der Waals surface area contributed by atoms with E-state index in [1.807, 2.05) is 11.7 Å². The van der Waals surface area contributed by atoms with Gasteiger partial charge < -0.3 is 5.32 Å². The van der Waals surface area contributed by atoms with Crippen LogP contribution in [0.25, 0.3) is 0 Å². The molecule has 1 fully saturated rings. The zero-order chi connectivity index (χ0) is 11.7. The van der Waals surface area contributed by atoms with E-state index >= 15 is 0 Å². The van der Waals surface area contributed by atoms with Crippen LogP contribution in [0, 0.1) is 0 Å². The van der Waals surface area contributed by atoms with Crippen molar-refractivity contribution in [2.75, 3.05) is 5.32 Å². The molecule has 3 heteroatoms. The van der Waals surface area contributed by atoms with Crippen LogP contribution in [-0.4, -0.2) is 15.8 Å². The van der Waals surface area contributed by atoms with Crippen molar-refractivity contribution in [1.82, 2.24) is 9.78 Å². The third kappa shape index (κ3) is 2.54. The molecule has 0 bridgehead atoms. The lowest BCUT2D eigenvalue weighted by Gasteiger charge is -2.17. The zero-order valence-electron chi connectivity index (χ0n) is 10.5. The van der Waals surface area contributed by atoms with Gasteiger partial charge in [0.2, 0.25) is 0 Å². The van der Waals surface area contributed by atoms with E-state index in [4.69, 9.17) is 0 Å². The molecule has 92 valence electrons. The third-order valence-corrected chi connectivity index (χ3v) is 3.78. The molecule has 3 rings (SSSR count). The molecule has 2 aliphatic carbocycles. The fraction of sp³-hybridized carbons (Fsp3) is 0.643. The van der Waals surface area contributed by atoms with Gasteiger partial charge in [0.1, 0.15) is 5.82 Å². The van der Waals surface area contributed by atoms with Crippen LogP contribution in [0.4, 0.5) is 5.82 Å². The van der Waals surface area contributed by atoms with Crippen LogP contribution in [-0.2, 0) is 7.05 Å². The highest BCUT2D eigenvalue weighted by Crippen LogP contribution is 2.40. The maximum atomic E-state index is 4.60. The molecule has 1 aromatic rings. The Morgan fingerprint density at radius 3 is 2.53 bits per heavy atom. The van der Waals surface area contributed by atoms with Gasteiger partial charge in [0.15, 0.2) is 0 Å². The Morgan fingerprint density at radius 1 is 1.18 bits per heavy atom. The lowest BCUT2D eigenvalue weighted by molar-refractivity contribution is 0.619. The minimum absolute atomic E-state index is 0.604. The number of hydrogen-bond acceptors (Lipinski definition) is 2. The minimum Gasteiger partial charge on any atom is -0.368 e. The van der Waals surface area contributed by atoms with Crippen molar-refractivity contribution in [2.24, 2.45) is 7.05 Å². The Morgan fingerprint density at radius 2 is 1.88 bits per heavy atom. The highest BCUT2D eigenvalue weighted by atomic mass is 15.3. The highest BCUT2D eigenvalue weighted by molar-refractivity contribution is 5.40. The molecule has 1 aromatic heterocycles. The van der Waals surface area contributed by atoms with Gasteiger partial charge in [-0.15, -0.1) is 0 Å². The molecule has 3 nitrogen and oxygen atoms in total. The van der Waals surface area contributed by atoms with E-state index in [9.17, 15) is 0 Å². The number of allylic oxidation sites excluding steroid dienone is 2. The Kier molecular flexibility index (Phi) is 2.91. The van der Waals surface area contributed by atoms with Crippen LogP contribution >= 0.6 is 0 Å². The van der Waals surface area contributed by atoms with E-state index in [2.05, 4.69) is 28.6 Å². The number of nitrogens with zero attached hydrogens (tertiary/aromatic N) is 2. The summed E-state index contributed by atoms with van der Waals surface area (Å²) in [6.45, 7) is 0. The fourth-order valence-corrected chi connectivity index (χ4v) is 2.53. The van der Waals surface area contributed by atoms with Crippen molar-refractivity contribution >= 4 is 5.82 Å². The predicted molar refractivity (Wildman–Crippen MR) is 70.2 cm³/mol. The van der Waals surface area contributed by atoms with Crippen LogP contribution < -0.4 is 5.32 Å². The van der Waals surface area contributed by atoms with E-state index < -0.39 is 0 Å². The normalized spacial score (nSPS) is 21.5. The second-order valence-electron chi connectivity index (χ2n) is 5.32. The number of aryl methyl sites for hydroxylation is 1. The number of rotatable bonds is 3. The van der Waals surface area contributed by atoms with Gasteiger partial charge in [-0.05, 0) is 38.5 Å². The number of nitrogens with one attached hydrogen (secondary N) is 1. The van der Waals surface area contributed by atoms with Crippen LogP contribution in [0.5, 0.6) is 0 Å². The van der Waals surface area contributed by atoms with Crippen molar-refractivity contribution in [2.45, 2.75) is 50.5 Å². The monoisotopic (exact) mass is 231 g/mol. The van der Waals surface area contributed by atoms with E-state index in [1.165, 1.54) is 50.0 Å². The van der Waals surface area contributed by atoms with E-state index in [-0.39, 0.29) is 0 Å². The largest absolute Gasteiger partial charge is 0.368 e. The second kappa shape index (κ2) is 4.55. The first-order valence-corrected chi connectivity index (χ1v) is 6.78. The van der Waals surface area contributed by atoms with Gasteiger partial charge in [0.05, 0.1) is 5.69 Å². The summed E-state index contributed by atoms with van der Waals surface area (Å²) in [6, 6.07) is 2.85. The van der Waals surface area contributed by atoms with E-state index in [0.717, 1.165) is 5.92 Å². The SMILES string of the molecule is Cn1nc(C2CC2)cc1NC1CCC=CCC1. The molecular weight excluding hydrogens is 210 g/mol. The average molecular weight is 231 g/mol. The minimum atomic E-state index is 0.604. The predicted octanol–water partition coefficient (Wildman–Crippen LogP) is 3.21. The first kappa shape index (κ1) is 10.9. The molecule has 0 unspecified atom stereocenters. The van der Waals surface area contributed by atoms with Crippen molar-refractivity contribution in [3.8, 4) is 0 Å². The van der Waals surface area contributed by atoms with Gasteiger partial charge in [-0.3, -0.25) is 4.68 Å². The molecule has 1 N–H and O–H groups in total. The summed E-state index contributed by atoms with van der Waals surface area (Å²) in [4.78, 5) is 0. The van der Waals surface area contributed by atoms with Crippen LogP contribution in [0.3, 0.4) is 0 Å². The molecule has 2 aliphatic rings. The van der Waals surface area contributed by atoms with Crippen LogP contribution in [0.15, 0.2) is 18.2 Å².